The first-order valence-corrected chi connectivity index (χ1v) is 8.61. The SMILES string of the molecule is CC(N)C(c1cccs1)N1CCC2(CCCC2)CC1. The molecular formula is C16H26N2S. The van der Waals surface area contributed by atoms with E-state index in [4.69, 9.17) is 5.73 Å². The van der Waals surface area contributed by atoms with Crippen LogP contribution in [0.5, 0.6) is 0 Å². The maximum Gasteiger partial charge on any atom is 0.0590 e. The van der Waals surface area contributed by atoms with Crippen LogP contribution in [0.3, 0.4) is 0 Å². The molecule has 2 N–H and O–H groups in total. The van der Waals surface area contributed by atoms with Crippen molar-refractivity contribution >= 4 is 11.3 Å². The lowest BCUT2D eigenvalue weighted by atomic mass is 9.76. The lowest BCUT2D eigenvalue weighted by molar-refractivity contribution is 0.0690. The van der Waals surface area contributed by atoms with E-state index in [9.17, 15) is 0 Å². The molecule has 2 unspecified atom stereocenters. The second-order valence-corrected chi connectivity index (χ2v) is 7.54. The third-order valence-electron chi connectivity index (χ3n) is 5.25. The summed E-state index contributed by atoms with van der Waals surface area (Å²) in [4.78, 5) is 4.08. The normalized spacial score (nSPS) is 26.6. The monoisotopic (exact) mass is 278 g/mol. The average Bonchev–Trinajstić information content (AvgIpc) is 3.04. The highest BCUT2D eigenvalue weighted by molar-refractivity contribution is 7.10. The topological polar surface area (TPSA) is 29.3 Å². The van der Waals surface area contributed by atoms with Gasteiger partial charge in [-0.3, -0.25) is 4.90 Å². The van der Waals surface area contributed by atoms with Crippen molar-refractivity contribution in [1.29, 1.82) is 0 Å². The van der Waals surface area contributed by atoms with Crippen LogP contribution >= 0.6 is 11.3 Å². The molecule has 0 aromatic carbocycles. The predicted octanol–water partition coefficient (Wildman–Crippen LogP) is 3.79. The molecule has 19 heavy (non-hydrogen) atoms. The van der Waals surface area contributed by atoms with Crippen molar-refractivity contribution in [3.05, 3.63) is 22.4 Å². The van der Waals surface area contributed by atoms with Gasteiger partial charge in [-0.25, -0.2) is 0 Å². The van der Waals surface area contributed by atoms with Crippen molar-refractivity contribution in [2.75, 3.05) is 13.1 Å². The minimum absolute atomic E-state index is 0.219. The maximum atomic E-state index is 6.27. The smallest absolute Gasteiger partial charge is 0.0590 e. The zero-order valence-electron chi connectivity index (χ0n) is 12.0. The molecule has 0 bridgehead atoms. The minimum atomic E-state index is 0.219. The number of nitrogens with two attached hydrogens (primary N) is 1. The molecule has 0 amide bonds. The summed E-state index contributed by atoms with van der Waals surface area (Å²) in [6.45, 7) is 4.64. The Labute approximate surface area is 121 Å². The first-order chi connectivity index (χ1) is 9.20. The summed E-state index contributed by atoms with van der Waals surface area (Å²) in [5, 5.41) is 2.17. The summed E-state index contributed by atoms with van der Waals surface area (Å²) in [6, 6.07) is 5.05. The Bertz CT molecular complexity index is 383. The average molecular weight is 278 g/mol. The third kappa shape index (κ3) is 2.74. The largest absolute Gasteiger partial charge is 0.326 e. The van der Waals surface area contributed by atoms with Gasteiger partial charge in [-0.2, -0.15) is 0 Å². The lowest BCUT2D eigenvalue weighted by Gasteiger charge is -2.43. The molecule has 1 spiro atoms. The Morgan fingerprint density at radius 2 is 1.89 bits per heavy atom. The van der Waals surface area contributed by atoms with Gasteiger partial charge in [-0.15, -0.1) is 11.3 Å². The molecule has 2 nitrogen and oxygen atoms in total. The van der Waals surface area contributed by atoms with E-state index in [1.807, 2.05) is 11.3 Å². The van der Waals surface area contributed by atoms with Crippen LogP contribution in [0.1, 0.15) is 56.4 Å². The highest BCUT2D eigenvalue weighted by atomic mass is 32.1. The van der Waals surface area contributed by atoms with E-state index >= 15 is 0 Å². The molecule has 2 fully saturated rings. The van der Waals surface area contributed by atoms with Gasteiger partial charge in [0, 0.05) is 10.9 Å². The summed E-state index contributed by atoms with van der Waals surface area (Å²) in [7, 11) is 0. The molecule has 1 saturated carbocycles. The highest BCUT2D eigenvalue weighted by Gasteiger charge is 2.39. The Morgan fingerprint density at radius 3 is 2.42 bits per heavy atom. The van der Waals surface area contributed by atoms with Gasteiger partial charge in [-0.1, -0.05) is 18.9 Å². The van der Waals surface area contributed by atoms with Crippen LogP contribution in [0.25, 0.3) is 0 Å². The number of rotatable bonds is 3. The molecule has 1 aliphatic carbocycles. The second-order valence-electron chi connectivity index (χ2n) is 6.56. The Morgan fingerprint density at radius 1 is 1.21 bits per heavy atom. The van der Waals surface area contributed by atoms with Crippen LogP contribution in [0.4, 0.5) is 0 Å². The summed E-state index contributed by atoms with van der Waals surface area (Å²) in [5.74, 6) is 0. The van der Waals surface area contributed by atoms with E-state index in [2.05, 4.69) is 29.3 Å². The molecule has 3 rings (SSSR count). The van der Waals surface area contributed by atoms with E-state index in [0.29, 0.717) is 11.5 Å². The van der Waals surface area contributed by atoms with Crippen molar-refractivity contribution in [1.82, 2.24) is 4.90 Å². The van der Waals surface area contributed by atoms with Crippen molar-refractivity contribution in [3.63, 3.8) is 0 Å². The highest BCUT2D eigenvalue weighted by Crippen LogP contribution is 2.47. The minimum Gasteiger partial charge on any atom is -0.326 e. The molecule has 106 valence electrons. The van der Waals surface area contributed by atoms with Gasteiger partial charge >= 0.3 is 0 Å². The standard InChI is InChI=1S/C16H26N2S/c1-13(17)15(14-5-4-12-19-14)18-10-8-16(9-11-18)6-2-3-7-16/h4-5,12-13,15H,2-3,6-11,17H2,1H3. The van der Waals surface area contributed by atoms with Gasteiger partial charge in [0.05, 0.1) is 6.04 Å². The van der Waals surface area contributed by atoms with Crippen molar-refractivity contribution in [2.24, 2.45) is 11.1 Å². The first-order valence-electron chi connectivity index (χ1n) is 7.73. The Kier molecular flexibility index (Phi) is 3.97. The molecule has 2 atom stereocenters. The fourth-order valence-corrected chi connectivity index (χ4v) is 5.11. The third-order valence-corrected chi connectivity index (χ3v) is 6.19. The molecule has 1 aromatic heterocycles. The van der Waals surface area contributed by atoms with Gasteiger partial charge in [0.15, 0.2) is 0 Å². The molecule has 2 aliphatic rings. The lowest BCUT2D eigenvalue weighted by Crippen LogP contribution is -2.45. The molecule has 2 heterocycles. The molecule has 1 aromatic rings. The van der Waals surface area contributed by atoms with Crippen LogP contribution in [-0.2, 0) is 0 Å². The molecule has 0 radical (unpaired) electrons. The van der Waals surface area contributed by atoms with Crippen molar-refractivity contribution in [2.45, 2.75) is 57.5 Å². The first kappa shape index (κ1) is 13.6. The Hall–Kier alpha value is -0.380. The maximum absolute atomic E-state index is 6.27. The van der Waals surface area contributed by atoms with Gasteiger partial charge in [0.1, 0.15) is 0 Å². The van der Waals surface area contributed by atoms with E-state index < -0.39 is 0 Å². The van der Waals surface area contributed by atoms with Crippen LogP contribution in [0.2, 0.25) is 0 Å². The number of hydrogen-bond acceptors (Lipinski definition) is 3. The molecule has 1 saturated heterocycles. The predicted molar refractivity (Wildman–Crippen MR) is 82.4 cm³/mol. The van der Waals surface area contributed by atoms with Crippen LogP contribution in [0.15, 0.2) is 17.5 Å². The fourth-order valence-electron chi connectivity index (χ4n) is 4.13. The van der Waals surface area contributed by atoms with Crippen LogP contribution in [-0.4, -0.2) is 24.0 Å². The number of piperidine rings is 1. The van der Waals surface area contributed by atoms with Gasteiger partial charge in [0.2, 0.25) is 0 Å². The van der Waals surface area contributed by atoms with E-state index in [-0.39, 0.29) is 6.04 Å². The Balaban J connectivity index is 1.68. The number of hydrogen-bond donors (Lipinski definition) is 1. The van der Waals surface area contributed by atoms with E-state index in [0.717, 1.165) is 0 Å². The van der Waals surface area contributed by atoms with Gasteiger partial charge < -0.3 is 5.73 Å². The summed E-state index contributed by atoms with van der Waals surface area (Å²) < 4.78 is 0. The summed E-state index contributed by atoms with van der Waals surface area (Å²) in [5.41, 5.74) is 6.97. The van der Waals surface area contributed by atoms with Crippen LogP contribution < -0.4 is 5.73 Å². The number of likely N-dealkylation sites (tertiary alicyclic amines) is 1. The molecule has 1 aliphatic heterocycles. The number of nitrogens with zero attached hydrogens (tertiary/aromatic N) is 1. The van der Waals surface area contributed by atoms with Crippen molar-refractivity contribution < 1.29 is 0 Å². The molecular weight excluding hydrogens is 252 g/mol. The van der Waals surface area contributed by atoms with Crippen LogP contribution in [0, 0.1) is 5.41 Å². The zero-order valence-corrected chi connectivity index (χ0v) is 12.8. The summed E-state index contributed by atoms with van der Waals surface area (Å²) >= 11 is 1.86. The van der Waals surface area contributed by atoms with Crippen molar-refractivity contribution in [3.8, 4) is 0 Å². The fraction of sp³-hybridized carbons (Fsp3) is 0.750. The molecule has 3 heteroatoms. The van der Waals surface area contributed by atoms with Gasteiger partial charge in [0.25, 0.3) is 0 Å². The summed E-state index contributed by atoms with van der Waals surface area (Å²) in [6.07, 6.45) is 8.65. The van der Waals surface area contributed by atoms with Gasteiger partial charge in [-0.05, 0) is 62.6 Å². The van der Waals surface area contributed by atoms with E-state index in [1.54, 1.807) is 0 Å². The second kappa shape index (κ2) is 5.55. The number of thiophene rings is 1. The zero-order chi connectivity index (χ0) is 13.3. The van der Waals surface area contributed by atoms with E-state index in [1.165, 1.54) is 56.5 Å². The quantitative estimate of drug-likeness (QED) is 0.911.